The molecular formula is C16H27N3. The van der Waals surface area contributed by atoms with Gasteiger partial charge in [-0.1, -0.05) is 26.0 Å². The van der Waals surface area contributed by atoms with E-state index in [0.717, 1.165) is 25.6 Å². The number of hydrogen-bond acceptors (Lipinski definition) is 3. The van der Waals surface area contributed by atoms with Crippen LogP contribution in [0.15, 0.2) is 24.3 Å². The summed E-state index contributed by atoms with van der Waals surface area (Å²) >= 11 is 0. The van der Waals surface area contributed by atoms with Gasteiger partial charge in [-0.05, 0) is 30.7 Å². The van der Waals surface area contributed by atoms with Crippen LogP contribution >= 0.6 is 0 Å². The van der Waals surface area contributed by atoms with Crippen molar-refractivity contribution in [3.63, 3.8) is 0 Å². The summed E-state index contributed by atoms with van der Waals surface area (Å²) in [5, 5.41) is 3.19. The summed E-state index contributed by atoms with van der Waals surface area (Å²) in [6.07, 6.45) is 0. The first-order valence-corrected chi connectivity index (χ1v) is 7.40. The van der Waals surface area contributed by atoms with Gasteiger partial charge in [0.1, 0.15) is 0 Å². The highest BCUT2D eigenvalue weighted by molar-refractivity contribution is 5.48. The van der Waals surface area contributed by atoms with Crippen molar-refractivity contribution in [3.05, 3.63) is 29.8 Å². The minimum Gasteiger partial charge on any atom is -0.369 e. The molecule has 0 amide bonds. The molecule has 1 aromatic carbocycles. The topological polar surface area (TPSA) is 18.5 Å². The van der Waals surface area contributed by atoms with Crippen LogP contribution in [0.5, 0.6) is 0 Å². The van der Waals surface area contributed by atoms with Gasteiger partial charge in [0.2, 0.25) is 0 Å². The fraction of sp³-hybridized carbons (Fsp3) is 0.625. The molecule has 3 nitrogen and oxygen atoms in total. The minimum absolute atomic E-state index is 0.771. The average Bonchev–Trinajstić information content (AvgIpc) is 2.40. The van der Waals surface area contributed by atoms with Crippen LogP contribution < -0.4 is 10.2 Å². The second-order valence-corrected chi connectivity index (χ2v) is 5.88. The predicted octanol–water partition coefficient (Wildman–Crippen LogP) is 2.18. The molecule has 0 aliphatic carbocycles. The number of piperazine rings is 1. The molecule has 106 valence electrons. The van der Waals surface area contributed by atoms with E-state index >= 15 is 0 Å². The van der Waals surface area contributed by atoms with Crippen molar-refractivity contribution in [1.29, 1.82) is 0 Å². The highest BCUT2D eigenvalue weighted by Crippen LogP contribution is 2.17. The molecule has 0 radical (unpaired) electrons. The summed E-state index contributed by atoms with van der Waals surface area (Å²) < 4.78 is 0. The molecule has 0 aromatic heterocycles. The van der Waals surface area contributed by atoms with Crippen molar-refractivity contribution in [2.75, 3.05) is 44.7 Å². The van der Waals surface area contributed by atoms with E-state index in [1.54, 1.807) is 0 Å². The monoisotopic (exact) mass is 261 g/mol. The van der Waals surface area contributed by atoms with E-state index in [2.05, 4.69) is 53.2 Å². The van der Waals surface area contributed by atoms with Crippen LogP contribution in [-0.2, 0) is 6.54 Å². The fourth-order valence-corrected chi connectivity index (χ4v) is 2.73. The van der Waals surface area contributed by atoms with Crippen LogP contribution in [0.2, 0.25) is 0 Å². The number of nitrogens with one attached hydrogen (secondary N) is 1. The van der Waals surface area contributed by atoms with E-state index < -0.39 is 0 Å². The van der Waals surface area contributed by atoms with E-state index in [1.165, 1.54) is 30.9 Å². The van der Waals surface area contributed by atoms with Crippen LogP contribution in [0.1, 0.15) is 19.4 Å². The lowest BCUT2D eigenvalue weighted by Gasteiger charge is -2.36. The third-order valence-electron chi connectivity index (χ3n) is 3.68. The van der Waals surface area contributed by atoms with E-state index in [9.17, 15) is 0 Å². The molecule has 2 rings (SSSR count). The van der Waals surface area contributed by atoms with Crippen LogP contribution in [0.25, 0.3) is 0 Å². The third kappa shape index (κ3) is 4.22. The van der Waals surface area contributed by atoms with Gasteiger partial charge >= 0.3 is 0 Å². The summed E-state index contributed by atoms with van der Waals surface area (Å²) in [4.78, 5) is 5.08. The Morgan fingerprint density at radius 1 is 1.05 bits per heavy atom. The van der Waals surface area contributed by atoms with Crippen molar-refractivity contribution in [1.82, 2.24) is 10.2 Å². The first-order valence-electron chi connectivity index (χ1n) is 7.40. The lowest BCUT2D eigenvalue weighted by atomic mass is 10.1. The van der Waals surface area contributed by atoms with Gasteiger partial charge in [-0.2, -0.15) is 0 Å². The molecule has 19 heavy (non-hydrogen) atoms. The minimum atomic E-state index is 0.771. The molecule has 0 unspecified atom stereocenters. The van der Waals surface area contributed by atoms with Crippen LogP contribution in [0, 0.1) is 5.92 Å². The average molecular weight is 261 g/mol. The van der Waals surface area contributed by atoms with Gasteiger partial charge in [-0.3, -0.25) is 4.90 Å². The lowest BCUT2D eigenvalue weighted by molar-refractivity contribution is 0.231. The zero-order chi connectivity index (χ0) is 13.7. The first-order chi connectivity index (χ1) is 9.19. The smallest absolute Gasteiger partial charge is 0.0367 e. The summed E-state index contributed by atoms with van der Waals surface area (Å²) in [6.45, 7) is 11.5. The van der Waals surface area contributed by atoms with E-state index in [4.69, 9.17) is 0 Å². The molecule has 0 spiro atoms. The largest absolute Gasteiger partial charge is 0.369 e. The summed E-state index contributed by atoms with van der Waals surface area (Å²) in [6, 6.07) is 8.97. The molecule has 0 saturated carbocycles. The zero-order valence-electron chi connectivity index (χ0n) is 12.5. The SMILES string of the molecule is CNCc1ccc(N2CCN(CC(C)C)CC2)cc1. The lowest BCUT2D eigenvalue weighted by Crippen LogP contribution is -2.47. The van der Waals surface area contributed by atoms with Gasteiger partial charge in [-0.15, -0.1) is 0 Å². The van der Waals surface area contributed by atoms with Crippen molar-refractivity contribution in [2.45, 2.75) is 20.4 Å². The summed E-state index contributed by atoms with van der Waals surface area (Å²) in [7, 11) is 1.99. The molecule has 1 aromatic rings. The molecule has 1 aliphatic rings. The Morgan fingerprint density at radius 3 is 2.21 bits per heavy atom. The number of rotatable bonds is 5. The molecule has 1 aliphatic heterocycles. The maximum absolute atomic E-state index is 3.19. The quantitative estimate of drug-likeness (QED) is 0.876. The second kappa shape index (κ2) is 6.92. The number of nitrogens with zero attached hydrogens (tertiary/aromatic N) is 2. The van der Waals surface area contributed by atoms with Crippen molar-refractivity contribution < 1.29 is 0 Å². The standard InChI is InChI=1S/C16H27N3/c1-14(2)13-18-8-10-19(11-9-18)16-6-4-15(5-7-16)12-17-3/h4-7,14,17H,8-13H2,1-3H3. The Kier molecular flexibility index (Phi) is 5.23. The van der Waals surface area contributed by atoms with Gasteiger partial charge in [0, 0.05) is 45.0 Å². The number of hydrogen-bond donors (Lipinski definition) is 1. The Labute approximate surface area is 117 Å². The molecule has 3 heteroatoms. The maximum Gasteiger partial charge on any atom is 0.0367 e. The van der Waals surface area contributed by atoms with Gasteiger partial charge in [0.15, 0.2) is 0 Å². The summed E-state index contributed by atoms with van der Waals surface area (Å²) in [5.74, 6) is 0.771. The Hall–Kier alpha value is -1.06. The van der Waals surface area contributed by atoms with Crippen molar-refractivity contribution in [3.8, 4) is 0 Å². The molecule has 1 fully saturated rings. The van der Waals surface area contributed by atoms with Gasteiger partial charge in [0.05, 0.1) is 0 Å². The molecule has 0 atom stereocenters. The maximum atomic E-state index is 3.19. The number of anilines is 1. The van der Waals surface area contributed by atoms with Crippen LogP contribution in [0.3, 0.4) is 0 Å². The highest BCUT2D eigenvalue weighted by atomic mass is 15.3. The highest BCUT2D eigenvalue weighted by Gasteiger charge is 2.17. The normalized spacial score (nSPS) is 17.2. The predicted molar refractivity (Wildman–Crippen MR) is 82.7 cm³/mol. The first kappa shape index (κ1) is 14.4. The molecule has 0 bridgehead atoms. The number of benzene rings is 1. The van der Waals surface area contributed by atoms with Crippen LogP contribution in [0.4, 0.5) is 5.69 Å². The second-order valence-electron chi connectivity index (χ2n) is 5.88. The van der Waals surface area contributed by atoms with Gasteiger partial charge in [0.25, 0.3) is 0 Å². The molecule has 1 N–H and O–H groups in total. The van der Waals surface area contributed by atoms with Gasteiger partial charge in [-0.25, -0.2) is 0 Å². The van der Waals surface area contributed by atoms with Crippen LogP contribution in [-0.4, -0.2) is 44.7 Å². The molecule has 1 heterocycles. The third-order valence-corrected chi connectivity index (χ3v) is 3.68. The Bertz CT molecular complexity index is 364. The van der Waals surface area contributed by atoms with E-state index in [1.807, 2.05) is 7.05 Å². The molecular weight excluding hydrogens is 234 g/mol. The zero-order valence-corrected chi connectivity index (χ0v) is 12.5. The molecule has 1 saturated heterocycles. The van der Waals surface area contributed by atoms with E-state index in [-0.39, 0.29) is 0 Å². The summed E-state index contributed by atoms with van der Waals surface area (Å²) in [5.41, 5.74) is 2.72. The van der Waals surface area contributed by atoms with E-state index in [0.29, 0.717) is 0 Å². The fourth-order valence-electron chi connectivity index (χ4n) is 2.73. The van der Waals surface area contributed by atoms with Gasteiger partial charge < -0.3 is 10.2 Å². The Morgan fingerprint density at radius 2 is 1.68 bits per heavy atom. The Balaban J connectivity index is 1.87. The van der Waals surface area contributed by atoms with Crippen molar-refractivity contribution >= 4 is 5.69 Å². The van der Waals surface area contributed by atoms with Crippen molar-refractivity contribution in [2.24, 2.45) is 5.92 Å².